The molecule has 0 saturated carbocycles. The quantitative estimate of drug-likeness (QED) is 0.822. The molecule has 0 aliphatic heterocycles. The van der Waals surface area contributed by atoms with Gasteiger partial charge in [-0.05, 0) is 25.5 Å². The van der Waals surface area contributed by atoms with Crippen molar-refractivity contribution in [1.29, 1.82) is 0 Å². The molecule has 4 nitrogen and oxygen atoms in total. The van der Waals surface area contributed by atoms with Gasteiger partial charge in [-0.15, -0.1) is 0 Å². The molecule has 0 amide bonds. The Labute approximate surface area is 115 Å². The highest BCUT2D eigenvalue weighted by Gasteiger charge is 2.18. The van der Waals surface area contributed by atoms with Gasteiger partial charge >= 0.3 is 5.97 Å². The fraction of sp³-hybridized carbons (Fsp3) is 0.533. The molecule has 4 heteroatoms. The summed E-state index contributed by atoms with van der Waals surface area (Å²) in [6.07, 6.45) is 2.24. The summed E-state index contributed by atoms with van der Waals surface area (Å²) in [6.45, 7) is 6.09. The summed E-state index contributed by atoms with van der Waals surface area (Å²) in [6, 6.07) is 5.48. The first kappa shape index (κ1) is 15.3. The molecule has 0 aromatic heterocycles. The van der Waals surface area contributed by atoms with E-state index in [1.54, 1.807) is 6.07 Å². The number of rotatable bonds is 7. The predicted molar refractivity (Wildman–Crippen MR) is 80.5 cm³/mol. The van der Waals surface area contributed by atoms with Crippen molar-refractivity contribution in [3.63, 3.8) is 0 Å². The molecule has 0 heterocycles. The number of nitrogens with zero attached hydrogens (tertiary/aromatic N) is 2. The molecule has 0 aliphatic rings. The number of aromatic carboxylic acids is 1. The Hall–Kier alpha value is -1.71. The van der Waals surface area contributed by atoms with Crippen LogP contribution in [-0.4, -0.2) is 38.3 Å². The van der Waals surface area contributed by atoms with Crippen molar-refractivity contribution in [2.75, 3.05) is 37.0 Å². The van der Waals surface area contributed by atoms with E-state index in [1.807, 2.05) is 31.1 Å². The van der Waals surface area contributed by atoms with Crippen LogP contribution in [0, 0.1) is 0 Å². The molecule has 19 heavy (non-hydrogen) atoms. The van der Waals surface area contributed by atoms with Crippen LogP contribution in [0.2, 0.25) is 0 Å². The van der Waals surface area contributed by atoms with Crippen LogP contribution >= 0.6 is 0 Å². The fourth-order valence-electron chi connectivity index (χ4n) is 2.23. The van der Waals surface area contributed by atoms with Gasteiger partial charge < -0.3 is 14.9 Å². The molecule has 0 aliphatic carbocycles. The molecule has 1 aromatic carbocycles. The molecule has 0 atom stereocenters. The first-order valence-electron chi connectivity index (χ1n) is 6.81. The molecule has 106 valence electrons. The zero-order valence-electron chi connectivity index (χ0n) is 12.3. The molecule has 0 unspecified atom stereocenters. The minimum Gasteiger partial charge on any atom is -0.478 e. The molecule has 1 rings (SSSR count). The highest BCUT2D eigenvalue weighted by Crippen LogP contribution is 2.32. The van der Waals surface area contributed by atoms with Crippen LogP contribution in [-0.2, 0) is 0 Å². The fourth-order valence-corrected chi connectivity index (χ4v) is 2.23. The third-order valence-electron chi connectivity index (χ3n) is 3.20. The topological polar surface area (TPSA) is 43.8 Å². The third-order valence-corrected chi connectivity index (χ3v) is 3.20. The average molecular weight is 264 g/mol. The van der Waals surface area contributed by atoms with Crippen LogP contribution in [0.5, 0.6) is 0 Å². The Bertz CT molecular complexity index is 430. The summed E-state index contributed by atoms with van der Waals surface area (Å²) >= 11 is 0. The van der Waals surface area contributed by atoms with Crippen molar-refractivity contribution in [2.45, 2.75) is 26.7 Å². The largest absolute Gasteiger partial charge is 0.478 e. The van der Waals surface area contributed by atoms with Crippen LogP contribution in [0.25, 0.3) is 0 Å². The molecule has 0 fully saturated rings. The van der Waals surface area contributed by atoms with Crippen molar-refractivity contribution in [3.05, 3.63) is 23.8 Å². The number of carbonyl (C=O) groups is 1. The SMILES string of the molecule is CCCCN(CC)c1cccc(C(=O)O)c1N(C)C. The maximum atomic E-state index is 11.4. The molecule has 0 bridgehead atoms. The smallest absolute Gasteiger partial charge is 0.337 e. The van der Waals surface area contributed by atoms with Crippen LogP contribution < -0.4 is 9.80 Å². The Kier molecular flexibility index (Phi) is 5.67. The lowest BCUT2D eigenvalue weighted by molar-refractivity contribution is 0.0697. The lowest BCUT2D eigenvalue weighted by Crippen LogP contribution is -2.27. The van der Waals surface area contributed by atoms with E-state index in [4.69, 9.17) is 0 Å². The van der Waals surface area contributed by atoms with E-state index in [-0.39, 0.29) is 0 Å². The van der Waals surface area contributed by atoms with Gasteiger partial charge in [0.15, 0.2) is 0 Å². The number of anilines is 2. The first-order valence-corrected chi connectivity index (χ1v) is 6.81. The number of hydrogen-bond acceptors (Lipinski definition) is 3. The van der Waals surface area contributed by atoms with Gasteiger partial charge in [-0.3, -0.25) is 0 Å². The lowest BCUT2D eigenvalue weighted by Gasteiger charge is -2.29. The minimum atomic E-state index is -0.878. The van der Waals surface area contributed by atoms with E-state index < -0.39 is 5.97 Å². The van der Waals surface area contributed by atoms with Gasteiger partial charge in [0.1, 0.15) is 0 Å². The van der Waals surface area contributed by atoms with Gasteiger partial charge in [0, 0.05) is 27.2 Å². The van der Waals surface area contributed by atoms with Gasteiger partial charge in [-0.25, -0.2) is 4.79 Å². The van der Waals surface area contributed by atoms with Crippen LogP contribution in [0.1, 0.15) is 37.0 Å². The second-order valence-corrected chi connectivity index (χ2v) is 4.81. The maximum absolute atomic E-state index is 11.4. The molecule has 0 spiro atoms. The zero-order chi connectivity index (χ0) is 14.4. The molecule has 0 radical (unpaired) electrons. The van der Waals surface area contributed by atoms with Crippen molar-refractivity contribution in [1.82, 2.24) is 0 Å². The Morgan fingerprint density at radius 2 is 1.95 bits per heavy atom. The van der Waals surface area contributed by atoms with Crippen LogP contribution in [0.4, 0.5) is 11.4 Å². The van der Waals surface area contributed by atoms with E-state index in [0.717, 1.165) is 37.3 Å². The monoisotopic (exact) mass is 264 g/mol. The summed E-state index contributed by atoms with van der Waals surface area (Å²) in [4.78, 5) is 15.5. The first-order chi connectivity index (χ1) is 9.02. The van der Waals surface area contributed by atoms with E-state index in [9.17, 15) is 9.90 Å². The summed E-state index contributed by atoms with van der Waals surface area (Å²) < 4.78 is 0. The number of hydrogen-bond donors (Lipinski definition) is 1. The molecule has 0 saturated heterocycles. The molecular formula is C15H24N2O2. The van der Waals surface area contributed by atoms with E-state index in [0.29, 0.717) is 5.56 Å². The molecular weight excluding hydrogens is 240 g/mol. The Morgan fingerprint density at radius 3 is 2.42 bits per heavy atom. The zero-order valence-corrected chi connectivity index (χ0v) is 12.3. The Morgan fingerprint density at radius 1 is 1.26 bits per heavy atom. The van der Waals surface area contributed by atoms with E-state index in [2.05, 4.69) is 18.7 Å². The Balaban J connectivity index is 3.24. The highest BCUT2D eigenvalue weighted by atomic mass is 16.4. The average Bonchev–Trinajstić information content (AvgIpc) is 2.38. The van der Waals surface area contributed by atoms with Gasteiger partial charge in [0.2, 0.25) is 0 Å². The number of benzene rings is 1. The maximum Gasteiger partial charge on any atom is 0.337 e. The van der Waals surface area contributed by atoms with Gasteiger partial charge in [-0.1, -0.05) is 19.4 Å². The number of unbranched alkanes of at least 4 members (excludes halogenated alkanes) is 1. The predicted octanol–water partition coefficient (Wildman–Crippen LogP) is 3.08. The highest BCUT2D eigenvalue weighted by molar-refractivity contribution is 5.98. The lowest BCUT2D eigenvalue weighted by atomic mass is 10.1. The van der Waals surface area contributed by atoms with Gasteiger partial charge in [0.25, 0.3) is 0 Å². The molecule has 1 N–H and O–H groups in total. The van der Waals surface area contributed by atoms with Crippen LogP contribution in [0.3, 0.4) is 0 Å². The second-order valence-electron chi connectivity index (χ2n) is 4.81. The summed E-state index contributed by atoms with van der Waals surface area (Å²) in [7, 11) is 3.78. The standard InChI is InChI=1S/C15H24N2O2/c1-5-7-11-17(6-2)13-10-8-9-12(15(18)19)14(13)16(3)4/h8-10H,5-7,11H2,1-4H3,(H,18,19). The summed E-state index contributed by atoms with van der Waals surface area (Å²) in [5.74, 6) is -0.878. The summed E-state index contributed by atoms with van der Waals surface area (Å²) in [5, 5.41) is 9.32. The summed E-state index contributed by atoms with van der Waals surface area (Å²) in [5.41, 5.74) is 2.14. The second kappa shape index (κ2) is 7.02. The molecule has 1 aromatic rings. The number of carboxylic acids is 1. The normalized spacial score (nSPS) is 10.3. The third kappa shape index (κ3) is 3.63. The number of carboxylic acid groups (broad SMARTS) is 1. The van der Waals surface area contributed by atoms with Crippen LogP contribution in [0.15, 0.2) is 18.2 Å². The van der Waals surface area contributed by atoms with Crippen molar-refractivity contribution >= 4 is 17.3 Å². The van der Waals surface area contributed by atoms with Gasteiger partial charge in [0.05, 0.1) is 16.9 Å². The van der Waals surface area contributed by atoms with Crippen molar-refractivity contribution < 1.29 is 9.90 Å². The van der Waals surface area contributed by atoms with E-state index in [1.165, 1.54) is 0 Å². The number of para-hydroxylation sites is 1. The van der Waals surface area contributed by atoms with E-state index >= 15 is 0 Å². The van der Waals surface area contributed by atoms with Gasteiger partial charge in [-0.2, -0.15) is 0 Å². The van der Waals surface area contributed by atoms with Crippen molar-refractivity contribution in [3.8, 4) is 0 Å². The minimum absolute atomic E-state index is 0.359. The van der Waals surface area contributed by atoms with Crippen molar-refractivity contribution in [2.24, 2.45) is 0 Å².